The zero-order chi connectivity index (χ0) is 18.2. The van der Waals surface area contributed by atoms with E-state index in [0.29, 0.717) is 17.1 Å². The first-order chi connectivity index (χ1) is 12.0. The minimum absolute atomic E-state index is 0.191. The van der Waals surface area contributed by atoms with E-state index >= 15 is 0 Å². The maximum Gasteiger partial charge on any atom is 0.276 e. The van der Waals surface area contributed by atoms with Gasteiger partial charge in [-0.25, -0.2) is 0 Å². The highest BCUT2D eigenvalue weighted by Crippen LogP contribution is 2.18. The van der Waals surface area contributed by atoms with Crippen LogP contribution in [0.5, 0.6) is 11.5 Å². The van der Waals surface area contributed by atoms with Gasteiger partial charge in [0.15, 0.2) is 6.61 Å². The molecule has 0 aliphatic carbocycles. The van der Waals surface area contributed by atoms with Crippen LogP contribution in [0.3, 0.4) is 0 Å². The number of ether oxygens (including phenoxy) is 2. The highest BCUT2D eigenvalue weighted by molar-refractivity contribution is 5.95. The lowest BCUT2D eigenvalue weighted by Gasteiger charge is -2.10. The van der Waals surface area contributed by atoms with Crippen LogP contribution in [0.25, 0.3) is 0 Å². The predicted octanol–water partition coefficient (Wildman–Crippen LogP) is 2.41. The normalized spacial score (nSPS) is 10.0. The smallest absolute Gasteiger partial charge is 0.276 e. The van der Waals surface area contributed by atoms with E-state index in [1.807, 2.05) is 31.2 Å². The first kappa shape index (κ1) is 18.3. The Morgan fingerprint density at radius 1 is 1.04 bits per heavy atom. The second-order valence-corrected chi connectivity index (χ2v) is 5.47. The second-order valence-electron chi connectivity index (χ2n) is 5.47. The number of rotatable bonds is 6. The third kappa shape index (κ3) is 5.24. The molecule has 0 heterocycles. The van der Waals surface area contributed by atoms with Gasteiger partial charge in [0.2, 0.25) is 0 Å². The summed E-state index contributed by atoms with van der Waals surface area (Å²) in [5.41, 5.74) is 7.17. The van der Waals surface area contributed by atoms with Crippen LogP contribution in [0.1, 0.15) is 28.4 Å². The number of aryl methyl sites for hydroxylation is 2. The van der Waals surface area contributed by atoms with Gasteiger partial charge < -0.3 is 9.47 Å². The molecule has 6 nitrogen and oxygen atoms in total. The molecule has 2 aromatic carbocycles. The Morgan fingerprint density at radius 3 is 2.40 bits per heavy atom. The second kappa shape index (κ2) is 8.73. The molecule has 0 saturated carbocycles. The number of nitrogens with one attached hydrogen (secondary N) is 2. The molecule has 2 rings (SSSR count). The molecule has 0 radical (unpaired) electrons. The first-order valence-corrected chi connectivity index (χ1v) is 7.99. The number of methoxy groups -OCH3 is 1. The van der Waals surface area contributed by atoms with Gasteiger partial charge in [-0.3, -0.25) is 20.4 Å². The van der Waals surface area contributed by atoms with Crippen molar-refractivity contribution < 1.29 is 19.1 Å². The molecule has 2 aromatic rings. The highest BCUT2D eigenvalue weighted by atomic mass is 16.5. The third-order valence-corrected chi connectivity index (χ3v) is 3.69. The SMILES string of the molecule is CCc1ccc(OCC(=O)NNC(=O)c2ccc(C)c(OC)c2)cc1. The van der Waals surface area contributed by atoms with Crippen molar-refractivity contribution >= 4 is 11.8 Å². The Balaban J connectivity index is 1.81. The zero-order valence-electron chi connectivity index (χ0n) is 14.6. The highest BCUT2D eigenvalue weighted by Gasteiger charge is 2.10. The van der Waals surface area contributed by atoms with Gasteiger partial charge in [0.05, 0.1) is 7.11 Å². The zero-order valence-corrected chi connectivity index (χ0v) is 14.6. The Bertz CT molecular complexity index is 742. The average Bonchev–Trinajstić information content (AvgIpc) is 2.65. The molecular weight excluding hydrogens is 320 g/mol. The van der Waals surface area contributed by atoms with Gasteiger partial charge in [0, 0.05) is 5.56 Å². The van der Waals surface area contributed by atoms with Crippen LogP contribution in [0.4, 0.5) is 0 Å². The molecule has 0 bridgehead atoms. The van der Waals surface area contributed by atoms with Crippen molar-refractivity contribution in [2.24, 2.45) is 0 Å². The average molecular weight is 342 g/mol. The molecule has 0 unspecified atom stereocenters. The van der Waals surface area contributed by atoms with Crippen LogP contribution in [0.15, 0.2) is 42.5 Å². The summed E-state index contributed by atoms with van der Waals surface area (Å²) in [4.78, 5) is 23.8. The van der Waals surface area contributed by atoms with Crippen LogP contribution in [-0.4, -0.2) is 25.5 Å². The van der Waals surface area contributed by atoms with Gasteiger partial charge in [-0.05, 0) is 48.7 Å². The molecule has 0 aliphatic rings. The number of carbonyl (C=O) groups is 2. The van der Waals surface area contributed by atoms with Crippen LogP contribution in [-0.2, 0) is 11.2 Å². The summed E-state index contributed by atoms with van der Waals surface area (Å²) < 4.78 is 10.6. The molecule has 2 N–H and O–H groups in total. The van der Waals surface area contributed by atoms with Crippen LogP contribution in [0.2, 0.25) is 0 Å². The Labute approximate surface area is 147 Å². The molecular formula is C19H22N2O4. The predicted molar refractivity (Wildman–Crippen MR) is 94.7 cm³/mol. The summed E-state index contributed by atoms with van der Waals surface area (Å²) in [5, 5.41) is 0. The maximum atomic E-state index is 12.1. The van der Waals surface area contributed by atoms with E-state index < -0.39 is 11.8 Å². The largest absolute Gasteiger partial charge is 0.496 e. The molecule has 6 heteroatoms. The van der Waals surface area contributed by atoms with Crippen molar-refractivity contribution in [3.8, 4) is 11.5 Å². The number of hydrogen-bond donors (Lipinski definition) is 2. The first-order valence-electron chi connectivity index (χ1n) is 7.99. The Morgan fingerprint density at radius 2 is 1.76 bits per heavy atom. The standard InChI is InChI=1S/C19H22N2O4/c1-4-14-6-9-16(10-7-14)25-12-18(22)20-21-19(23)15-8-5-13(2)17(11-15)24-3/h5-11H,4,12H2,1-3H3,(H,20,22)(H,21,23). The molecule has 25 heavy (non-hydrogen) atoms. The topological polar surface area (TPSA) is 76.7 Å². The van der Waals surface area contributed by atoms with E-state index in [0.717, 1.165) is 12.0 Å². The molecule has 0 fully saturated rings. The lowest BCUT2D eigenvalue weighted by Crippen LogP contribution is -2.43. The van der Waals surface area contributed by atoms with Crippen molar-refractivity contribution in [3.63, 3.8) is 0 Å². The van der Waals surface area contributed by atoms with E-state index in [1.54, 1.807) is 18.2 Å². The fraction of sp³-hybridized carbons (Fsp3) is 0.263. The van der Waals surface area contributed by atoms with E-state index in [9.17, 15) is 9.59 Å². The molecule has 132 valence electrons. The molecule has 0 aliphatic heterocycles. The molecule has 0 atom stereocenters. The van der Waals surface area contributed by atoms with Crippen molar-refractivity contribution in [2.75, 3.05) is 13.7 Å². The quantitative estimate of drug-likeness (QED) is 0.791. The molecule has 0 spiro atoms. The number of hydrazine groups is 1. The number of amides is 2. The minimum atomic E-state index is -0.452. The van der Waals surface area contributed by atoms with Crippen molar-refractivity contribution in [1.82, 2.24) is 10.9 Å². The van der Waals surface area contributed by atoms with E-state index in [4.69, 9.17) is 9.47 Å². The lowest BCUT2D eigenvalue weighted by molar-refractivity contribution is -0.123. The van der Waals surface area contributed by atoms with Crippen LogP contribution >= 0.6 is 0 Å². The van der Waals surface area contributed by atoms with Crippen LogP contribution in [0, 0.1) is 6.92 Å². The van der Waals surface area contributed by atoms with E-state index in [1.165, 1.54) is 12.7 Å². The number of carbonyl (C=O) groups excluding carboxylic acids is 2. The van der Waals surface area contributed by atoms with Gasteiger partial charge in [-0.1, -0.05) is 25.1 Å². The summed E-state index contributed by atoms with van der Waals surface area (Å²) in [5.74, 6) is 0.325. The van der Waals surface area contributed by atoms with E-state index in [-0.39, 0.29) is 6.61 Å². The summed E-state index contributed by atoms with van der Waals surface area (Å²) in [6, 6.07) is 12.6. The van der Waals surface area contributed by atoms with Gasteiger partial charge in [-0.2, -0.15) is 0 Å². The van der Waals surface area contributed by atoms with Gasteiger partial charge in [0.25, 0.3) is 11.8 Å². The summed E-state index contributed by atoms with van der Waals surface area (Å²) in [7, 11) is 1.54. The summed E-state index contributed by atoms with van der Waals surface area (Å²) >= 11 is 0. The van der Waals surface area contributed by atoms with Crippen molar-refractivity contribution in [1.29, 1.82) is 0 Å². The van der Waals surface area contributed by atoms with Crippen molar-refractivity contribution in [2.45, 2.75) is 20.3 Å². The fourth-order valence-electron chi connectivity index (χ4n) is 2.17. The number of benzene rings is 2. The van der Waals surface area contributed by atoms with Gasteiger partial charge >= 0.3 is 0 Å². The van der Waals surface area contributed by atoms with Crippen molar-refractivity contribution in [3.05, 3.63) is 59.2 Å². The monoisotopic (exact) mass is 342 g/mol. The Hall–Kier alpha value is -3.02. The van der Waals surface area contributed by atoms with Crippen LogP contribution < -0.4 is 20.3 Å². The fourth-order valence-corrected chi connectivity index (χ4v) is 2.17. The van der Waals surface area contributed by atoms with Gasteiger partial charge in [-0.15, -0.1) is 0 Å². The van der Waals surface area contributed by atoms with E-state index in [2.05, 4.69) is 17.8 Å². The van der Waals surface area contributed by atoms with Gasteiger partial charge in [0.1, 0.15) is 11.5 Å². The molecule has 0 saturated heterocycles. The minimum Gasteiger partial charge on any atom is -0.496 e. The Kier molecular flexibility index (Phi) is 6.39. The molecule has 0 aromatic heterocycles. The molecule has 2 amide bonds. The summed E-state index contributed by atoms with van der Waals surface area (Å²) in [6.45, 7) is 3.76. The maximum absolute atomic E-state index is 12.1. The third-order valence-electron chi connectivity index (χ3n) is 3.69. The lowest BCUT2D eigenvalue weighted by atomic mass is 10.1. The summed E-state index contributed by atoms with van der Waals surface area (Å²) in [6.07, 6.45) is 0.941. The number of hydrogen-bond acceptors (Lipinski definition) is 4.